The maximum atomic E-state index is 13.7. The Balaban J connectivity index is 3.00. The summed E-state index contributed by atoms with van der Waals surface area (Å²) in [5.41, 5.74) is -0.0188. The van der Waals surface area contributed by atoms with E-state index >= 15 is 0 Å². The van der Waals surface area contributed by atoms with E-state index in [0.29, 0.717) is 0 Å². The van der Waals surface area contributed by atoms with Crippen LogP contribution in [0, 0.1) is 5.82 Å². The molecule has 0 radical (unpaired) electrons. The van der Waals surface area contributed by atoms with Crippen LogP contribution in [0.5, 0.6) is 0 Å². The molecule has 0 fully saturated rings. The molecule has 0 aromatic heterocycles. The Morgan fingerprint density at radius 2 is 2.29 bits per heavy atom. The number of aliphatic hydroxyl groups is 1. The summed E-state index contributed by atoms with van der Waals surface area (Å²) in [6, 6.07) is 4.53. The number of aliphatic hydroxyl groups excluding tert-OH is 1. The lowest BCUT2D eigenvalue weighted by atomic mass is 10.2. The molecule has 0 aliphatic rings. The van der Waals surface area contributed by atoms with Crippen molar-refractivity contribution in [1.82, 2.24) is 4.90 Å². The maximum Gasteiger partial charge on any atom is 0.257 e. The molecule has 0 heterocycles. The van der Waals surface area contributed by atoms with E-state index in [2.05, 4.69) is 22.5 Å². The van der Waals surface area contributed by atoms with E-state index in [4.69, 9.17) is 5.11 Å². The second-order valence-electron chi connectivity index (χ2n) is 3.36. The molecule has 3 nitrogen and oxygen atoms in total. The van der Waals surface area contributed by atoms with E-state index in [0.717, 1.165) is 0 Å². The van der Waals surface area contributed by atoms with Crippen molar-refractivity contribution in [1.29, 1.82) is 0 Å². The summed E-state index contributed by atoms with van der Waals surface area (Å²) in [6.45, 7) is 3.77. The zero-order valence-electron chi connectivity index (χ0n) is 9.20. The van der Waals surface area contributed by atoms with Crippen molar-refractivity contribution >= 4 is 21.8 Å². The fourth-order valence-electron chi connectivity index (χ4n) is 1.39. The third kappa shape index (κ3) is 3.38. The number of halogens is 2. The number of hydrogen-bond donors (Lipinski definition) is 1. The number of nitrogens with zero attached hydrogens (tertiary/aromatic N) is 1. The van der Waals surface area contributed by atoms with Crippen LogP contribution in [-0.4, -0.2) is 35.6 Å². The highest BCUT2D eigenvalue weighted by Crippen LogP contribution is 2.19. The van der Waals surface area contributed by atoms with Gasteiger partial charge >= 0.3 is 0 Å². The molecule has 5 heteroatoms. The first kappa shape index (κ1) is 13.9. The smallest absolute Gasteiger partial charge is 0.257 e. The van der Waals surface area contributed by atoms with E-state index in [9.17, 15) is 9.18 Å². The monoisotopic (exact) mass is 301 g/mol. The van der Waals surface area contributed by atoms with E-state index in [1.165, 1.54) is 23.1 Å². The molecule has 1 rings (SSSR count). The number of amides is 1. The third-order valence-electron chi connectivity index (χ3n) is 2.19. The molecule has 1 amide bonds. The minimum Gasteiger partial charge on any atom is -0.395 e. The van der Waals surface area contributed by atoms with Gasteiger partial charge in [0.05, 0.1) is 16.6 Å². The van der Waals surface area contributed by atoms with E-state index in [-0.39, 0.29) is 29.7 Å². The van der Waals surface area contributed by atoms with Crippen molar-refractivity contribution < 1.29 is 14.3 Å². The largest absolute Gasteiger partial charge is 0.395 e. The Morgan fingerprint density at radius 1 is 1.59 bits per heavy atom. The predicted molar refractivity (Wildman–Crippen MR) is 67.3 cm³/mol. The molecule has 0 unspecified atom stereocenters. The van der Waals surface area contributed by atoms with Gasteiger partial charge in [-0.15, -0.1) is 6.58 Å². The van der Waals surface area contributed by atoms with Gasteiger partial charge in [-0.3, -0.25) is 4.79 Å². The minimum absolute atomic E-state index is 0.0188. The summed E-state index contributed by atoms with van der Waals surface area (Å²) >= 11 is 3.03. The van der Waals surface area contributed by atoms with Crippen LogP contribution < -0.4 is 0 Å². The topological polar surface area (TPSA) is 40.5 Å². The Bertz CT molecular complexity index is 423. The lowest BCUT2D eigenvalue weighted by Crippen LogP contribution is -2.34. The van der Waals surface area contributed by atoms with Gasteiger partial charge in [0.25, 0.3) is 5.91 Å². The molecule has 0 spiro atoms. The molecule has 0 saturated heterocycles. The lowest BCUT2D eigenvalue weighted by Gasteiger charge is -2.20. The van der Waals surface area contributed by atoms with Crippen LogP contribution in [0.25, 0.3) is 0 Å². The van der Waals surface area contributed by atoms with E-state index < -0.39 is 11.7 Å². The Morgan fingerprint density at radius 3 is 2.88 bits per heavy atom. The molecular weight excluding hydrogens is 289 g/mol. The predicted octanol–water partition coefficient (Wildman–Crippen LogP) is 2.21. The first-order valence-electron chi connectivity index (χ1n) is 5.06. The molecule has 0 atom stereocenters. The highest BCUT2D eigenvalue weighted by Gasteiger charge is 2.19. The zero-order chi connectivity index (χ0) is 12.8. The van der Waals surface area contributed by atoms with Gasteiger partial charge in [0.2, 0.25) is 0 Å². The normalized spacial score (nSPS) is 10.1. The molecule has 0 aliphatic carbocycles. The van der Waals surface area contributed by atoms with Crippen LogP contribution in [0.15, 0.2) is 35.3 Å². The molecule has 1 N–H and O–H groups in total. The summed E-state index contributed by atoms with van der Waals surface area (Å²) in [4.78, 5) is 13.3. The highest BCUT2D eigenvalue weighted by molar-refractivity contribution is 9.10. The quantitative estimate of drug-likeness (QED) is 0.847. The van der Waals surface area contributed by atoms with Crippen LogP contribution in [0.1, 0.15) is 10.4 Å². The molecule has 1 aromatic carbocycles. The van der Waals surface area contributed by atoms with Crippen molar-refractivity contribution in [3.63, 3.8) is 0 Å². The summed E-state index contributed by atoms with van der Waals surface area (Å²) in [6.07, 6.45) is 1.53. The van der Waals surface area contributed by atoms with Crippen LogP contribution in [-0.2, 0) is 0 Å². The Hall–Kier alpha value is -1.20. The van der Waals surface area contributed by atoms with Gasteiger partial charge < -0.3 is 10.0 Å². The van der Waals surface area contributed by atoms with Crippen molar-refractivity contribution in [2.75, 3.05) is 19.7 Å². The second-order valence-corrected chi connectivity index (χ2v) is 4.22. The number of benzene rings is 1. The van der Waals surface area contributed by atoms with E-state index in [1.807, 2.05) is 0 Å². The summed E-state index contributed by atoms with van der Waals surface area (Å²) in [5, 5.41) is 8.85. The van der Waals surface area contributed by atoms with Gasteiger partial charge in [-0.2, -0.15) is 0 Å². The first-order chi connectivity index (χ1) is 8.11. The van der Waals surface area contributed by atoms with Gasteiger partial charge in [-0.1, -0.05) is 12.1 Å². The van der Waals surface area contributed by atoms with Crippen molar-refractivity contribution in [2.24, 2.45) is 0 Å². The number of rotatable bonds is 5. The molecule has 92 valence electrons. The summed E-state index contributed by atoms with van der Waals surface area (Å²) in [5.74, 6) is -1.05. The molecule has 0 saturated carbocycles. The van der Waals surface area contributed by atoms with Crippen LogP contribution >= 0.6 is 15.9 Å². The van der Waals surface area contributed by atoms with Crippen LogP contribution in [0.4, 0.5) is 4.39 Å². The fourth-order valence-corrected chi connectivity index (χ4v) is 1.76. The van der Waals surface area contributed by atoms with E-state index in [1.54, 1.807) is 6.07 Å². The van der Waals surface area contributed by atoms with Gasteiger partial charge in [0.15, 0.2) is 0 Å². The fraction of sp³-hybridized carbons (Fsp3) is 0.250. The van der Waals surface area contributed by atoms with Crippen LogP contribution in [0.3, 0.4) is 0 Å². The van der Waals surface area contributed by atoms with Gasteiger partial charge in [0, 0.05) is 13.1 Å². The SMILES string of the molecule is C=CCN(CCO)C(=O)c1cccc(Br)c1F. The van der Waals surface area contributed by atoms with Gasteiger partial charge in [-0.05, 0) is 28.1 Å². The summed E-state index contributed by atoms with van der Waals surface area (Å²) in [7, 11) is 0. The second kappa shape index (κ2) is 6.51. The molecule has 1 aromatic rings. The highest BCUT2D eigenvalue weighted by atomic mass is 79.9. The van der Waals surface area contributed by atoms with Crippen LogP contribution in [0.2, 0.25) is 0 Å². The molecular formula is C12H13BrFNO2. The lowest BCUT2D eigenvalue weighted by molar-refractivity contribution is 0.0738. The minimum atomic E-state index is -0.593. The van der Waals surface area contributed by atoms with Gasteiger partial charge in [-0.25, -0.2) is 4.39 Å². The average molecular weight is 302 g/mol. The Labute approximate surface area is 108 Å². The average Bonchev–Trinajstić information content (AvgIpc) is 2.31. The number of carbonyl (C=O) groups is 1. The van der Waals surface area contributed by atoms with Crippen molar-refractivity contribution in [3.8, 4) is 0 Å². The molecule has 0 bridgehead atoms. The number of carbonyl (C=O) groups excluding carboxylic acids is 1. The summed E-state index contributed by atoms with van der Waals surface area (Å²) < 4.78 is 14.0. The van der Waals surface area contributed by atoms with Crippen molar-refractivity contribution in [2.45, 2.75) is 0 Å². The standard InChI is InChI=1S/C12H13BrFNO2/c1-2-6-15(7-8-16)12(17)9-4-3-5-10(13)11(9)14/h2-5,16H,1,6-8H2. The first-order valence-corrected chi connectivity index (χ1v) is 5.86. The molecule has 0 aliphatic heterocycles. The number of hydrogen-bond acceptors (Lipinski definition) is 2. The third-order valence-corrected chi connectivity index (χ3v) is 2.80. The Kier molecular flexibility index (Phi) is 5.31. The molecule has 17 heavy (non-hydrogen) atoms. The zero-order valence-corrected chi connectivity index (χ0v) is 10.8. The maximum absolute atomic E-state index is 13.7. The van der Waals surface area contributed by atoms with Crippen molar-refractivity contribution in [3.05, 3.63) is 46.7 Å². The van der Waals surface area contributed by atoms with Gasteiger partial charge in [0.1, 0.15) is 5.82 Å².